The maximum atomic E-state index is 13.3. The second-order valence-electron chi connectivity index (χ2n) is 3.01. The van der Waals surface area contributed by atoms with Gasteiger partial charge < -0.3 is 4.74 Å². The number of halogens is 5. The molecule has 0 saturated carbocycles. The highest BCUT2D eigenvalue weighted by molar-refractivity contribution is 6.33. The SMILES string of the molecule is CCOC(=O)c1ccc(C(F)(F)F)c(F)c1Cl. The maximum absolute atomic E-state index is 13.3. The van der Waals surface area contributed by atoms with Crippen molar-refractivity contribution in [2.75, 3.05) is 6.61 Å². The minimum atomic E-state index is -4.86. The molecule has 0 spiro atoms. The molecule has 0 atom stereocenters. The van der Waals surface area contributed by atoms with Crippen molar-refractivity contribution >= 4 is 17.6 Å². The molecule has 0 aliphatic carbocycles. The monoisotopic (exact) mass is 270 g/mol. The summed E-state index contributed by atoms with van der Waals surface area (Å²) in [5.74, 6) is -2.64. The van der Waals surface area contributed by atoms with Gasteiger partial charge in [0, 0.05) is 0 Å². The van der Waals surface area contributed by atoms with Gasteiger partial charge >= 0.3 is 12.1 Å². The van der Waals surface area contributed by atoms with E-state index in [0.717, 1.165) is 6.07 Å². The van der Waals surface area contributed by atoms with Crippen molar-refractivity contribution in [2.45, 2.75) is 13.1 Å². The van der Waals surface area contributed by atoms with Crippen LogP contribution in [0.15, 0.2) is 12.1 Å². The Morgan fingerprint density at radius 2 is 2.00 bits per heavy atom. The zero-order valence-electron chi connectivity index (χ0n) is 8.57. The number of esters is 1. The number of alkyl halides is 3. The zero-order chi connectivity index (χ0) is 13.2. The van der Waals surface area contributed by atoms with Crippen LogP contribution in [0.2, 0.25) is 5.02 Å². The molecule has 0 heterocycles. The molecule has 1 aromatic rings. The lowest BCUT2D eigenvalue weighted by molar-refractivity contribution is -0.140. The van der Waals surface area contributed by atoms with Crippen LogP contribution in [0.3, 0.4) is 0 Å². The van der Waals surface area contributed by atoms with Crippen LogP contribution in [0, 0.1) is 5.82 Å². The summed E-state index contributed by atoms with van der Waals surface area (Å²) in [6, 6.07) is 1.24. The van der Waals surface area contributed by atoms with Crippen LogP contribution in [0.1, 0.15) is 22.8 Å². The number of hydrogen-bond donors (Lipinski definition) is 0. The molecular formula is C10H7ClF4O2. The summed E-state index contributed by atoms with van der Waals surface area (Å²) in [7, 11) is 0. The summed E-state index contributed by atoms with van der Waals surface area (Å²) in [6.07, 6.45) is -4.86. The van der Waals surface area contributed by atoms with E-state index in [2.05, 4.69) is 4.74 Å². The standard InChI is InChI=1S/C10H7ClF4O2/c1-2-17-9(16)5-3-4-6(10(13,14)15)8(12)7(5)11/h3-4H,2H2,1H3. The molecule has 1 aromatic carbocycles. The second-order valence-corrected chi connectivity index (χ2v) is 3.38. The molecule has 0 radical (unpaired) electrons. The van der Waals surface area contributed by atoms with Crippen molar-refractivity contribution in [1.29, 1.82) is 0 Å². The Morgan fingerprint density at radius 1 is 1.41 bits per heavy atom. The van der Waals surface area contributed by atoms with Gasteiger partial charge in [0.2, 0.25) is 0 Å². The summed E-state index contributed by atoms with van der Waals surface area (Å²) in [5, 5.41) is -0.890. The summed E-state index contributed by atoms with van der Waals surface area (Å²) in [4.78, 5) is 11.2. The molecule has 2 nitrogen and oxygen atoms in total. The molecule has 0 N–H and O–H groups in total. The van der Waals surface area contributed by atoms with E-state index in [9.17, 15) is 22.4 Å². The molecule has 0 fully saturated rings. The van der Waals surface area contributed by atoms with Gasteiger partial charge in [0.05, 0.1) is 22.8 Å². The maximum Gasteiger partial charge on any atom is 0.419 e. The third kappa shape index (κ3) is 2.88. The summed E-state index contributed by atoms with van der Waals surface area (Å²) < 4.78 is 54.7. The van der Waals surface area contributed by atoms with Crippen LogP contribution in [0.4, 0.5) is 17.6 Å². The first-order valence-corrected chi connectivity index (χ1v) is 4.89. The van der Waals surface area contributed by atoms with Crippen molar-refractivity contribution < 1.29 is 27.1 Å². The van der Waals surface area contributed by atoms with Crippen LogP contribution in [0.5, 0.6) is 0 Å². The lowest BCUT2D eigenvalue weighted by Crippen LogP contribution is -2.12. The molecule has 0 aliphatic heterocycles. The van der Waals surface area contributed by atoms with E-state index >= 15 is 0 Å². The quantitative estimate of drug-likeness (QED) is 0.605. The first-order valence-electron chi connectivity index (χ1n) is 4.51. The molecule has 17 heavy (non-hydrogen) atoms. The van der Waals surface area contributed by atoms with Crippen LogP contribution in [0.25, 0.3) is 0 Å². The van der Waals surface area contributed by atoms with Crippen molar-refractivity contribution in [3.8, 4) is 0 Å². The Morgan fingerprint density at radius 3 is 2.47 bits per heavy atom. The normalized spacial score (nSPS) is 11.4. The second kappa shape index (κ2) is 4.91. The van der Waals surface area contributed by atoms with E-state index in [0.29, 0.717) is 6.07 Å². The van der Waals surface area contributed by atoms with E-state index in [1.807, 2.05) is 0 Å². The fourth-order valence-electron chi connectivity index (χ4n) is 1.13. The van der Waals surface area contributed by atoms with Gasteiger partial charge in [0.25, 0.3) is 0 Å². The van der Waals surface area contributed by atoms with Gasteiger partial charge in [-0.2, -0.15) is 13.2 Å². The Balaban J connectivity index is 3.25. The van der Waals surface area contributed by atoms with E-state index in [1.165, 1.54) is 6.92 Å². The van der Waals surface area contributed by atoms with Gasteiger partial charge in [0.1, 0.15) is 0 Å². The first-order chi connectivity index (χ1) is 7.79. The largest absolute Gasteiger partial charge is 0.462 e. The number of ether oxygens (including phenoxy) is 1. The smallest absolute Gasteiger partial charge is 0.419 e. The summed E-state index contributed by atoms with van der Waals surface area (Å²) in [5.41, 5.74) is -1.95. The highest BCUT2D eigenvalue weighted by Crippen LogP contribution is 2.35. The van der Waals surface area contributed by atoms with E-state index in [1.54, 1.807) is 0 Å². The number of carbonyl (C=O) groups is 1. The van der Waals surface area contributed by atoms with Crippen LogP contribution in [-0.4, -0.2) is 12.6 Å². The molecule has 0 aliphatic rings. The predicted octanol–water partition coefficient (Wildman–Crippen LogP) is 3.67. The number of hydrogen-bond acceptors (Lipinski definition) is 2. The fourth-order valence-corrected chi connectivity index (χ4v) is 1.38. The molecule has 0 aromatic heterocycles. The van der Waals surface area contributed by atoms with Crippen molar-refractivity contribution in [3.05, 3.63) is 34.1 Å². The zero-order valence-corrected chi connectivity index (χ0v) is 9.32. The Kier molecular flexibility index (Phi) is 3.98. The van der Waals surface area contributed by atoms with Crippen molar-refractivity contribution in [1.82, 2.24) is 0 Å². The van der Waals surface area contributed by atoms with E-state index in [-0.39, 0.29) is 6.61 Å². The predicted molar refractivity (Wildman–Crippen MR) is 52.4 cm³/mol. The molecule has 0 saturated heterocycles. The van der Waals surface area contributed by atoms with Gasteiger partial charge in [-0.1, -0.05) is 11.6 Å². The van der Waals surface area contributed by atoms with E-state index in [4.69, 9.17) is 11.6 Å². The molecule has 7 heteroatoms. The molecular weight excluding hydrogens is 264 g/mol. The third-order valence-electron chi connectivity index (χ3n) is 1.88. The molecule has 0 bridgehead atoms. The Bertz CT molecular complexity index is 443. The van der Waals surface area contributed by atoms with Gasteiger partial charge in [-0.15, -0.1) is 0 Å². The van der Waals surface area contributed by atoms with Crippen LogP contribution >= 0.6 is 11.6 Å². The average molecular weight is 271 g/mol. The van der Waals surface area contributed by atoms with Crippen LogP contribution in [-0.2, 0) is 10.9 Å². The van der Waals surface area contributed by atoms with E-state index < -0.39 is 34.1 Å². The third-order valence-corrected chi connectivity index (χ3v) is 2.25. The minimum Gasteiger partial charge on any atom is -0.462 e. The first kappa shape index (κ1) is 13.8. The highest BCUT2D eigenvalue weighted by atomic mass is 35.5. The van der Waals surface area contributed by atoms with Gasteiger partial charge in [-0.3, -0.25) is 0 Å². The number of rotatable bonds is 2. The van der Waals surface area contributed by atoms with Crippen LogP contribution < -0.4 is 0 Å². The van der Waals surface area contributed by atoms with Crippen molar-refractivity contribution in [2.24, 2.45) is 0 Å². The Hall–Kier alpha value is -1.30. The molecule has 0 amide bonds. The molecule has 94 valence electrons. The summed E-state index contributed by atoms with van der Waals surface area (Å²) in [6.45, 7) is 1.52. The highest BCUT2D eigenvalue weighted by Gasteiger charge is 2.36. The minimum absolute atomic E-state index is 0.0117. The van der Waals surface area contributed by atoms with Gasteiger partial charge in [0.15, 0.2) is 5.82 Å². The average Bonchev–Trinajstić information content (AvgIpc) is 2.20. The Labute approximate surface area is 99.1 Å². The molecule has 0 unspecified atom stereocenters. The van der Waals surface area contributed by atoms with Crippen molar-refractivity contribution in [3.63, 3.8) is 0 Å². The van der Waals surface area contributed by atoms with Gasteiger partial charge in [-0.05, 0) is 19.1 Å². The molecule has 1 rings (SSSR count). The lowest BCUT2D eigenvalue weighted by atomic mass is 10.1. The van der Waals surface area contributed by atoms with Gasteiger partial charge in [-0.25, -0.2) is 9.18 Å². The number of carbonyl (C=O) groups excluding carboxylic acids is 1. The number of benzene rings is 1. The fraction of sp³-hybridized carbons (Fsp3) is 0.300. The lowest BCUT2D eigenvalue weighted by Gasteiger charge is -2.11. The summed E-state index contributed by atoms with van der Waals surface area (Å²) >= 11 is 5.36. The topological polar surface area (TPSA) is 26.3 Å².